The van der Waals surface area contributed by atoms with Crippen LogP contribution in [0.5, 0.6) is 0 Å². The number of aliphatic hydroxyl groups is 2. The number of aliphatic hydroxyl groups excluding tert-OH is 2. The summed E-state index contributed by atoms with van der Waals surface area (Å²) in [6.07, 6.45) is 0.845. The van der Waals surface area contributed by atoms with Crippen LogP contribution in [0.15, 0.2) is 72.1 Å². The van der Waals surface area contributed by atoms with Gasteiger partial charge in [0.05, 0.1) is 11.1 Å². The van der Waals surface area contributed by atoms with Crippen LogP contribution in [0.2, 0.25) is 0 Å². The zero-order chi connectivity index (χ0) is 21.1. The Kier molecular flexibility index (Phi) is 5.23. The third kappa shape index (κ3) is 3.49. The first-order chi connectivity index (χ1) is 13.9. The molecule has 2 N–H and O–H groups in total. The number of imide groups is 1. The number of diazo groups is 1. The molecule has 8 heteroatoms. The predicted octanol–water partition coefficient (Wildman–Crippen LogP) is 3.46. The molecule has 1 aliphatic heterocycles. The van der Waals surface area contributed by atoms with Crippen molar-refractivity contribution in [2.45, 2.75) is 13.0 Å². The van der Waals surface area contributed by atoms with Crippen molar-refractivity contribution in [3.05, 3.63) is 93.8 Å². The van der Waals surface area contributed by atoms with Gasteiger partial charge in [-0.05, 0) is 19.1 Å². The molecule has 0 spiro atoms. The zero-order valence-electron chi connectivity index (χ0n) is 15.3. The van der Waals surface area contributed by atoms with Gasteiger partial charge in [-0.1, -0.05) is 42.5 Å². The van der Waals surface area contributed by atoms with E-state index in [1.807, 2.05) is 0 Å². The summed E-state index contributed by atoms with van der Waals surface area (Å²) in [5.41, 5.74) is -0.113. The van der Waals surface area contributed by atoms with E-state index in [9.17, 15) is 30.0 Å². The third-order valence-corrected chi connectivity index (χ3v) is 4.51. The minimum atomic E-state index is -1.34. The Hall–Kier alpha value is -4.25. The maximum atomic E-state index is 12.7. The number of hydrogen-bond donors (Lipinski definition) is 2. The molecule has 2 aromatic rings. The second-order valence-electron chi connectivity index (χ2n) is 6.30. The normalized spacial score (nSPS) is 15.4. The molecule has 1 heterocycles. The number of rotatable bonds is 5. The van der Waals surface area contributed by atoms with E-state index in [0.717, 1.165) is 11.0 Å². The SMILES string of the molecule is C[C@H](C(=O)C([N+]#N)=C(O)/C=C(\O)c1ccccc1)N1C(=O)c2ccccc2C1=O. The topological polar surface area (TPSA) is 123 Å². The molecule has 29 heavy (non-hydrogen) atoms. The van der Waals surface area contributed by atoms with Gasteiger partial charge in [-0.25, -0.2) is 0 Å². The molecule has 8 nitrogen and oxygen atoms in total. The lowest BCUT2D eigenvalue weighted by atomic mass is 10.1. The maximum absolute atomic E-state index is 12.7. The highest BCUT2D eigenvalue weighted by Crippen LogP contribution is 2.26. The number of benzene rings is 2. The van der Waals surface area contributed by atoms with Crippen molar-refractivity contribution in [2.75, 3.05) is 0 Å². The van der Waals surface area contributed by atoms with Gasteiger partial charge in [-0.2, -0.15) is 0 Å². The first kappa shape index (κ1) is 19.5. The van der Waals surface area contributed by atoms with E-state index < -0.39 is 35.1 Å². The van der Waals surface area contributed by atoms with Crippen LogP contribution in [0.1, 0.15) is 33.2 Å². The van der Waals surface area contributed by atoms with Crippen LogP contribution < -0.4 is 0 Å². The van der Waals surface area contributed by atoms with Crippen molar-refractivity contribution in [3.63, 3.8) is 0 Å². The maximum Gasteiger partial charge on any atom is 0.470 e. The Balaban J connectivity index is 1.92. The number of amides is 2. The van der Waals surface area contributed by atoms with Crippen LogP contribution in [0, 0.1) is 5.39 Å². The van der Waals surface area contributed by atoms with E-state index in [1.54, 1.807) is 42.5 Å². The van der Waals surface area contributed by atoms with Gasteiger partial charge >= 0.3 is 5.70 Å². The quantitative estimate of drug-likeness (QED) is 0.265. The van der Waals surface area contributed by atoms with E-state index in [1.165, 1.54) is 19.1 Å². The molecular weight excluding hydrogens is 374 g/mol. The second-order valence-corrected chi connectivity index (χ2v) is 6.30. The average molecular weight is 390 g/mol. The van der Waals surface area contributed by atoms with Gasteiger partial charge in [0.15, 0.2) is 4.98 Å². The predicted molar refractivity (Wildman–Crippen MR) is 103 cm³/mol. The third-order valence-electron chi connectivity index (χ3n) is 4.51. The Bertz CT molecular complexity index is 1080. The first-order valence-electron chi connectivity index (χ1n) is 8.62. The molecule has 0 aromatic heterocycles. The summed E-state index contributed by atoms with van der Waals surface area (Å²) in [4.78, 5) is 41.3. The molecule has 3 rings (SSSR count). The fraction of sp³-hybridized carbons (Fsp3) is 0.0952. The summed E-state index contributed by atoms with van der Waals surface area (Å²) < 4.78 is 0. The van der Waals surface area contributed by atoms with E-state index in [2.05, 4.69) is 4.98 Å². The van der Waals surface area contributed by atoms with Gasteiger partial charge < -0.3 is 10.2 Å². The first-order valence-corrected chi connectivity index (χ1v) is 8.62. The van der Waals surface area contributed by atoms with E-state index >= 15 is 0 Å². The smallest absolute Gasteiger partial charge is 0.470 e. The summed E-state index contributed by atoms with van der Waals surface area (Å²) in [5.74, 6) is -3.49. The number of allylic oxidation sites excluding steroid dienone is 1. The lowest BCUT2D eigenvalue weighted by molar-refractivity contribution is -0.118. The molecule has 2 aromatic carbocycles. The van der Waals surface area contributed by atoms with Crippen molar-refractivity contribution in [2.24, 2.45) is 0 Å². The van der Waals surface area contributed by atoms with Crippen molar-refractivity contribution in [1.29, 1.82) is 5.39 Å². The largest absolute Gasteiger partial charge is 0.507 e. The van der Waals surface area contributed by atoms with Crippen molar-refractivity contribution in [3.8, 4) is 0 Å². The summed E-state index contributed by atoms with van der Waals surface area (Å²) in [6, 6.07) is 13.0. The summed E-state index contributed by atoms with van der Waals surface area (Å²) in [7, 11) is 0. The molecule has 0 fully saturated rings. The molecule has 0 unspecified atom stereocenters. The Morgan fingerprint density at radius 3 is 2.03 bits per heavy atom. The fourth-order valence-corrected chi connectivity index (χ4v) is 2.99. The number of fused-ring (bicyclic) bond motifs is 1. The summed E-state index contributed by atoms with van der Waals surface area (Å²) in [5, 5.41) is 29.5. The highest BCUT2D eigenvalue weighted by Gasteiger charge is 2.44. The Labute approximate surface area is 165 Å². The number of ketones is 1. The zero-order valence-corrected chi connectivity index (χ0v) is 15.3. The fourth-order valence-electron chi connectivity index (χ4n) is 2.99. The van der Waals surface area contributed by atoms with Gasteiger partial charge in [-0.3, -0.25) is 19.3 Å². The Morgan fingerprint density at radius 2 is 1.52 bits per heavy atom. The van der Waals surface area contributed by atoms with Gasteiger partial charge in [0.2, 0.25) is 11.2 Å². The number of nitrogens with zero attached hydrogens (tertiary/aromatic N) is 3. The van der Waals surface area contributed by atoms with E-state index in [4.69, 9.17) is 0 Å². The molecule has 144 valence electrons. The summed E-state index contributed by atoms with van der Waals surface area (Å²) >= 11 is 0. The molecule has 1 aliphatic rings. The minimum Gasteiger partial charge on any atom is -0.507 e. The van der Waals surface area contributed by atoms with Gasteiger partial charge in [0.25, 0.3) is 17.6 Å². The van der Waals surface area contributed by atoms with Crippen LogP contribution in [0.4, 0.5) is 0 Å². The van der Waals surface area contributed by atoms with Crippen LogP contribution in [0.3, 0.4) is 0 Å². The van der Waals surface area contributed by atoms with Crippen LogP contribution in [-0.4, -0.2) is 38.8 Å². The van der Waals surface area contributed by atoms with Gasteiger partial charge in [-0.15, -0.1) is 0 Å². The summed E-state index contributed by atoms with van der Waals surface area (Å²) in [6.45, 7) is 1.28. The standard InChI is InChI=1S/C21H15N3O5/c1-12(24-20(28)14-9-5-6-10-15(14)21(24)29)19(27)18(23-22)17(26)11-16(25)13-7-3-2-4-8-13/h2-12H,1H3,(H-,25,26,27)/p+1/t12-/m1/s1. The number of hydrogen-bond acceptors (Lipinski definition) is 6. The molecule has 0 bridgehead atoms. The van der Waals surface area contributed by atoms with Crippen LogP contribution in [-0.2, 0) is 4.79 Å². The number of carbonyl (C=O) groups excluding carboxylic acids is 3. The lowest BCUT2D eigenvalue weighted by Crippen LogP contribution is -2.43. The molecule has 2 amide bonds. The molecule has 1 atom stereocenters. The van der Waals surface area contributed by atoms with Gasteiger partial charge in [0, 0.05) is 11.6 Å². The average Bonchev–Trinajstić information content (AvgIpc) is 2.99. The van der Waals surface area contributed by atoms with Crippen molar-refractivity contribution in [1.82, 2.24) is 4.90 Å². The van der Waals surface area contributed by atoms with E-state index in [-0.39, 0.29) is 16.9 Å². The minimum absolute atomic E-state index is 0.162. The monoisotopic (exact) mass is 390 g/mol. The van der Waals surface area contributed by atoms with Crippen LogP contribution >= 0.6 is 0 Å². The Morgan fingerprint density at radius 1 is 1.00 bits per heavy atom. The van der Waals surface area contributed by atoms with E-state index in [0.29, 0.717) is 5.56 Å². The van der Waals surface area contributed by atoms with Gasteiger partial charge in [0.1, 0.15) is 11.8 Å². The molecular formula is C21H16N3O5+. The highest BCUT2D eigenvalue weighted by molar-refractivity contribution is 6.23. The molecule has 0 aliphatic carbocycles. The highest BCUT2D eigenvalue weighted by atomic mass is 16.3. The number of carbonyl (C=O) groups is 3. The lowest BCUT2D eigenvalue weighted by Gasteiger charge is -2.18. The number of Topliss-reactive ketones (excluding diaryl/α,β-unsaturated/α-hetero) is 1. The second kappa shape index (κ2) is 7.78. The molecule has 0 radical (unpaired) electrons. The van der Waals surface area contributed by atoms with Crippen molar-refractivity contribution >= 4 is 23.4 Å². The molecule has 0 saturated carbocycles. The van der Waals surface area contributed by atoms with Crippen molar-refractivity contribution < 1.29 is 24.6 Å². The van der Waals surface area contributed by atoms with Crippen LogP contribution in [0.25, 0.3) is 10.7 Å². The molecule has 0 saturated heterocycles.